The molecule has 0 saturated heterocycles. The summed E-state index contributed by atoms with van der Waals surface area (Å²) in [6, 6.07) is 16.9. The number of hydrogen-bond donors (Lipinski definition) is 0. The van der Waals surface area contributed by atoms with Crippen LogP contribution in [0, 0.1) is 0 Å². The van der Waals surface area contributed by atoms with Gasteiger partial charge in [0.15, 0.2) is 0 Å². The van der Waals surface area contributed by atoms with E-state index in [4.69, 9.17) is 14.2 Å². The summed E-state index contributed by atoms with van der Waals surface area (Å²) in [5.41, 5.74) is 2.70. The Kier molecular flexibility index (Phi) is 6.97. The highest BCUT2D eigenvalue weighted by molar-refractivity contribution is 5.81. The lowest BCUT2D eigenvalue weighted by Crippen LogP contribution is -2.30. The third kappa shape index (κ3) is 5.00. The van der Waals surface area contributed by atoms with Gasteiger partial charge in [-0.3, -0.25) is 0 Å². The first-order valence-electron chi connectivity index (χ1n) is 10.3. The first kappa shape index (κ1) is 21.0. The maximum Gasteiger partial charge on any atom is 0.330 e. The van der Waals surface area contributed by atoms with Gasteiger partial charge in [-0.2, -0.15) is 0 Å². The van der Waals surface area contributed by atoms with E-state index in [0.717, 1.165) is 30.4 Å². The fourth-order valence-corrected chi connectivity index (χ4v) is 4.17. The standard InChI is InChI=1S/C25H30O4/c1-4-24(26)29-19(2)18-28-23-14-10-21(11-15-23)25(16-6-5-7-17-25)20-8-12-22(27-3)13-9-20/h4,8-15,19H,1,5-7,16-18H2,2-3H3. The van der Waals surface area contributed by atoms with E-state index < -0.39 is 5.97 Å². The van der Waals surface area contributed by atoms with Gasteiger partial charge in [0.05, 0.1) is 7.11 Å². The summed E-state index contributed by atoms with van der Waals surface area (Å²) in [5.74, 6) is 1.22. The van der Waals surface area contributed by atoms with Crippen LogP contribution in [0.3, 0.4) is 0 Å². The maximum absolute atomic E-state index is 11.3. The molecule has 0 heterocycles. The number of carbonyl (C=O) groups is 1. The lowest BCUT2D eigenvalue weighted by atomic mass is 9.65. The zero-order valence-corrected chi connectivity index (χ0v) is 17.4. The monoisotopic (exact) mass is 394 g/mol. The van der Waals surface area contributed by atoms with Crippen LogP contribution in [-0.2, 0) is 14.9 Å². The zero-order chi connectivity index (χ0) is 20.7. The second-order valence-electron chi connectivity index (χ2n) is 7.66. The van der Waals surface area contributed by atoms with Crippen LogP contribution in [0.1, 0.15) is 50.2 Å². The molecule has 29 heavy (non-hydrogen) atoms. The van der Waals surface area contributed by atoms with E-state index in [1.807, 2.05) is 12.1 Å². The van der Waals surface area contributed by atoms with E-state index in [1.54, 1.807) is 14.0 Å². The van der Waals surface area contributed by atoms with Gasteiger partial charge in [0.2, 0.25) is 0 Å². The molecule has 4 nitrogen and oxygen atoms in total. The topological polar surface area (TPSA) is 44.8 Å². The third-order valence-electron chi connectivity index (χ3n) is 5.73. The lowest BCUT2D eigenvalue weighted by molar-refractivity contribution is -0.143. The highest BCUT2D eigenvalue weighted by Gasteiger charge is 2.35. The third-order valence-corrected chi connectivity index (χ3v) is 5.73. The van der Waals surface area contributed by atoms with Crippen LogP contribution in [-0.4, -0.2) is 25.8 Å². The molecule has 1 fully saturated rings. The molecule has 3 rings (SSSR count). The first-order valence-corrected chi connectivity index (χ1v) is 10.3. The molecule has 0 spiro atoms. The summed E-state index contributed by atoms with van der Waals surface area (Å²) in [6.07, 6.45) is 6.88. The van der Waals surface area contributed by atoms with Crippen molar-refractivity contribution >= 4 is 5.97 Å². The lowest BCUT2D eigenvalue weighted by Gasteiger charge is -2.38. The Hall–Kier alpha value is -2.75. The fourth-order valence-electron chi connectivity index (χ4n) is 4.17. The number of ether oxygens (including phenoxy) is 3. The van der Waals surface area contributed by atoms with Gasteiger partial charge in [0, 0.05) is 11.5 Å². The van der Waals surface area contributed by atoms with E-state index >= 15 is 0 Å². The van der Waals surface area contributed by atoms with Crippen molar-refractivity contribution in [3.63, 3.8) is 0 Å². The number of methoxy groups -OCH3 is 1. The largest absolute Gasteiger partial charge is 0.497 e. The summed E-state index contributed by atoms with van der Waals surface area (Å²) in [6.45, 7) is 5.51. The average molecular weight is 395 g/mol. The van der Waals surface area contributed by atoms with Crippen LogP contribution in [0.25, 0.3) is 0 Å². The predicted octanol–water partition coefficient (Wildman–Crippen LogP) is 5.44. The van der Waals surface area contributed by atoms with Crippen LogP contribution in [0.2, 0.25) is 0 Å². The molecule has 4 heteroatoms. The molecule has 0 amide bonds. The number of benzene rings is 2. The molecule has 154 valence electrons. The predicted molar refractivity (Wildman–Crippen MR) is 115 cm³/mol. The summed E-state index contributed by atoms with van der Waals surface area (Å²) in [4.78, 5) is 11.3. The molecular weight excluding hydrogens is 364 g/mol. The molecule has 0 bridgehead atoms. The maximum atomic E-state index is 11.3. The highest BCUT2D eigenvalue weighted by atomic mass is 16.6. The second kappa shape index (κ2) is 9.64. The van der Waals surface area contributed by atoms with Crippen molar-refractivity contribution in [2.45, 2.75) is 50.5 Å². The van der Waals surface area contributed by atoms with Gasteiger partial charge >= 0.3 is 5.97 Å². The van der Waals surface area contributed by atoms with Gasteiger partial charge in [-0.15, -0.1) is 0 Å². The number of carbonyl (C=O) groups excluding carboxylic acids is 1. The van der Waals surface area contributed by atoms with Crippen molar-refractivity contribution in [3.05, 3.63) is 72.3 Å². The van der Waals surface area contributed by atoms with Gasteiger partial charge in [-0.05, 0) is 55.2 Å². The minimum absolute atomic E-state index is 0.0375. The van der Waals surface area contributed by atoms with E-state index in [0.29, 0.717) is 6.61 Å². The Morgan fingerprint density at radius 3 is 2.07 bits per heavy atom. The zero-order valence-electron chi connectivity index (χ0n) is 17.4. The second-order valence-corrected chi connectivity index (χ2v) is 7.66. The normalized spacial score (nSPS) is 16.5. The Morgan fingerprint density at radius 1 is 1.00 bits per heavy atom. The van der Waals surface area contributed by atoms with Gasteiger partial charge in [-0.25, -0.2) is 4.79 Å². The van der Waals surface area contributed by atoms with Crippen molar-refractivity contribution < 1.29 is 19.0 Å². The minimum atomic E-state index is -0.435. The summed E-state index contributed by atoms with van der Waals surface area (Å²) in [5, 5.41) is 0. The highest BCUT2D eigenvalue weighted by Crippen LogP contribution is 2.45. The molecule has 2 aromatic rings. The van der Waals surface area contributed by atoms with E-state index in [9.17, 15) is 4.79 Å². The molecule has 1 aliphatic rings. The minimum Gasteiger partial charge on any atom is -0.497 e. The molecule has 1 atom stereocenters. The van der Waals surface area contributed by atoms with Crippen molar-refractivity contribution in [2.75, 3.05) is 13.7 Å². The quantitative estimate of drug-likeness (QED) is 0.442. The molecular formula is C25H30O4. The van der Waals surface area contributed by atoms with E-state index in [1.165, 1.54) is 30.4 Å². The van der Waals surface area contributed by atoms with Crippen molar-refractivity contribution in [3.8, 4) is 11.5 Å². The molecule has 2 aromatic carbocycles. The van der Waals surface area contributed by atoms with Crippen LogP contribution < -0.4 is 9.47 Å². The summed E-state index contributed by atoms with van der Waals surface area (Å²) >= 11 is 0. The van der Waals surface area contributed by atoms with Gasteiger partial charge in [0.25, 0.3) is 0 Å². The van der Waals surface area contributed by atoms with Gasteiger partial charge in [-0.1, -0.05) is 50.1 Å². The fraction of sp³-hybridized carbons (Fsp3) is 0.400. The number of hydrogen-bond acceptors (Lipinski definition) is 4. The van der Waals surface area contributed by atoms with Crippen LogP contribution in [0.4, 0.5) is 0 Å². The van der Waals surface area contributed by atoms with Crippen molar-refractivity contribution in [1.29, 1.82) is 0 Å². The van der Waals surface area contributed by atoms with E-state index in [-0.39, 0.29) is 11.5 Å². The molecule has 0 radical (unpaired) electrons. The SMILES string of the molecule is C=CC(=O)OC(C)COc1ccc(C2(c3ccc(OC)cc3)CCCCC2)cc1. The number of esters is 1. The van der Waals surface area contributed by atoms with Crippen LogP contribution in [0.15, 0.2) is 61.2 Å². The molecule has 1 unspecified atom stereocenters. The summed E-state index contributed by atoms with van der Waals surface area (Å²) < 4.78 is 16.3. The molecule has 0 aliphatic heterocycles. The molecule has 0 aromatic heterocycles. The molecule has 1 saturated carbocycles. The van der Waals surface area contributed by atoms with E-state index in [2.05, 4.69) is 43.0 Å². The van der Waals surface area contributed by atoms with Crippen LogP contribution in [0.5, 0.6) is 11.5 Å². The smallest absolute Gasteiger partial charge is 0.330 e. The molecule has 0 N–H and O–H groups in total. The Labute approximate surface area is 173 Å². The van der Waals surface area contributed by atoms with Gasteiger partial charge < -0.3 is 14.2 Å². The van der Waals surface area contributed by atoms with Crippen molar-refractivity contribution in [1.82, 2.24) is 0 Å². The van der Waals surface area contributed by atoms with Crippen molar-refractivity contribution in [2.24, 2.45) is 0 Å². The Morgan fingerprint density at radius 2 is 1.55 bits per heavy atom. The Bertz CT molecular complexity index is 802. The average Bonchev–Trinajstić information content (AvgIpc) is 2.78. The van der Waals surface area contributed by atoms with Gasteiger partial charge in [0.1, 0.15) is 24.2 Å². The Balaban J connectivity index is 1.75. The summed E-state index contributed by atoms with van der Waals surface area (Å²) in [7, 11) is 1.70. The van der Waals surface area contributed by atoms with Crippen LogP contribution >= 0.6 is 0 Å². The first-order chi connectivity index (χ1) is 14.1. The number of rotatable bonds is 8. The molecule has 1 aliphatic carbocycles.